The van der Waals surface area contributed by atoms with E-state index in [9.17, 15) is 14.4 Å². The van der Waals surface area contributed by atoms with Crippen LogP contribution in [0.25, 0.3) is 0 Å². The lowest BCUT2D eigenvalue weighted by Gasteiger charge is -2.08. The second kappa shape index (κ2) is 9.18. The molecular weight excluding hydrogens is 358 g/mol. The highest BCUT2D eigenvalue weighted by atomic mass is 16.3. The fourth-order valence-corrected chi connectivity index (χ4v) is 2.45. The van der Waals surface area contributed by atoms with Gasteiger partial charge < -0.3 is 20.4 Å². The van der Waals surface area contributed by atoms with Crippen LogP contribution in [0.1, 0.15) is 31.3 Å². The summed E-state index contributed by atoms with van der Waals surface area (Å²) in [6.07, 6.45) is 1.42. The molecule has 0 aliphatic rings. The van der Waals surface area contributed by atoms with E-state index in [-0.39, 0.29) is 23.5 Å². The van der Waals surface area contributed by atoms with Gasteiger partial charge in [0.25, 0.3) is 17.7 Å². The molecule has 7 heteroatoms. The molecule has 28 heavy (non-hydrogen) atoms. The number of hydrogen-bond acceptors (Lipinski definition) is 4. The molecule has 0 saturated heterocycles. The quantitative estimate of drug-likeness (QED) is 0.551. The molecule has 0 saturated carbocycles. The van der Waals surface area contributed by atoms with Crippen LogP contribution in [-0.2, 0) is 0 Å². The van der Waals surface area contributed by atoms with Gasteiger partial charge in [0.1, 0.15) is 0 Å². The Balaban J connectivity index is 1.43. The molecule has 0 spiro atoms. The fourth-order valence-electron chi connectivity index (χ4n) is 2.45. The Labute approximate surface area is 161 Å². The number of carbonyl (C=O) groups is 3. The predicted octanol–water partition coefficient (Wildman–Crippen LogP) is 2.69. The van der Waals surface area contributed by atoms with Crippen molar-refractivity contribution in [2.75, 3.05) is 18.4 Å². The third-order valence-electron chi connectivity index (χ3n) is 3.88. The van der Waals surface area contributed by atoms with Gasteiger partial charge in [-0.2, -0.15) is 0 Å². The van der Waals surface area contributed by atoms with E-state index in [1.165, 1.54) is 6.26 Å². The summed E-state index contributed by atoms with van der Waals surface area (Å²) in [6, 6.07) is 18.5. The Morgan fingerprint density at radius 3 is 1.86 bits per heavy atom. The first-order valence-electron chi connectivity index (χ1n) is 8.70. The van der Waals surface area contributed by atoms with Crippen LogP contribution in [0.2, 0.25) is 0 Å². The van der Waals surface area contributed by atoms with Gasteiger partial charge in [-0.05, 0) is 48.5 Å². The van der Waals surface area contributed by atoms with Crippen molar-refractivity contribution in [2.24, 2.45) is 0 Å². The van der Waals surface area contributed by atoms with Gasteiger partial charge in [0.2, 0.25) is 0 Å². The molecule has 0 radical (unpaired) electrons. The average Bonchev–Trinajstić information content (AvgIpc) is 3.27. The number of hydrogen-bond donors (Lipinski definition) is 3. The minimum Gasteiger partial charge on any atom is -0.459 e. The molecule has 0 aliphatic heterocycles. The molecule has 0 fully saturated rings. The number of rotatable bonds is 7. The summed E-state index contributed by atoms with van der Waals surface area (Å²) in [5.41, 5.74) is 1.57. The summed E-state index contributed by atoms with van der Waals surface area (Å²) in [4.78, 5) is 36.0. The number of anilines is 1. The van der Waals surface area contributed by atoms with Gasteiger partial charge in [-0.15, -0.1) is 0 Å². The predicted molar refractivity (Wildman–Crippen MR) is 104 cm³/mol. The van der Waals surface area contributed by atoms with Crippen LogP contribution < -0.4 is 16.0 Å². The Morgan fingerprint density at radius 1 is 0.679 bits per heavy atom. The van der Waals surface area contributed by atoms with E-state index in [2.05, 4.69) is 16.0 Å². The lowest BCUT2D eigenvalue weighted by molar-refractivity contribution is 0.0927. The van der Waals surface area contributed by atoms with Gasteiger partial charge in [-0.25, -0.2) is 0 Å². The first-order chi connectivity index (χ1) is 13.6. The van der Waals surface area contributed by atoms with Crippen molar-refractivity contribution in [2.45, 2.75) is 0 Å². The van der Waals surface area contributed by atoms with E-state index in [1.54, 1.807) is 60.7 Å². The van der Waals surface area contributed by atoms with E-state index in [1.807, 2.05) is 6.07 Å². The van der Waals surface area contributed by atoms with Crippen molar-refractivity contribution in [3.8, 4) is 0 Å². The van der Waals surface area contributed by atoms with Gasteiger partial charge in [0, 0.05) is 29.9 Å². The van der Waals surface area contributed by atoms with Gasteiger partial charge in [0.15, 0.2) is 5.76 Å². The third-order valence-corrected chi connectivity index (χ3v) is 3.88. The topological polar surface area (TPSA) is 100 Å². The van der Waals surface area contributed by atoms with Gasteiger partial charge in [0.05, 0.1) is 6.26 Å². The van der Waals surface area contributed by atoms with E-state index in [0.717, 1.165) is 0 Å². The van der Waals surface area contributed by atoms with Crippen LogP contribution in [-0.4, -0.2) is 30.8 Å². The minimum atomic E-state index is -0.364. The third kappa shape index (κ3) is 5.07. The number of nitrogens with one attached hydrogen (secondary N) is 3. The van der Waals surface area contributed by atoms with Crippen molar-refractivity contribution in [1.29, 1.82) is 0 Å². The van der Waals surface area contributed by atoms with E-state index in [4.69, 9.17) is 4.42 Å². The smallest absolute Gasteiger partial charge is 0.291 e. The molecule has 0 atom stereocenters. The molecule has 3 amide bonds. The second-order valence-corrected chi connectivity index (χ2v) is 5.89. The summed E-state index contributed by atoms with van der Waals surface area (Å²) in [5.74, 6) is -0.611. The van der Waals surface area contributed by atoms with Crippen molar-refractivity contribution in [3.63, 3.8) is 0 Å². The Morgan fingerprint density at radius 2 is 1.29 bits per heavy atom. The SMILES string of the molecule is O=C(NCCNC(=O)c1ccc(NC(=O)c2ccco2)cc1)c1ccccc1. The van der Waals surface area contributed by atoms with Crippen molar-refractivity contribution in [3.05, 3.63) is 89.9 Å². The second-order valence-electron chi connectivity index (χ2n) is 5.89. The zero-order valence-corrected chi connectivity index (χ0v) is 15.0. The zero-order chi connectivity index (χ0) is 19.8. The largest absolute Gasteiger partial charge is 0.459 e. The summed E-state index contributed by atoms with van der Waals surface area (Å²) in [6.45, 7) is 0.616. The molecular formula is C21H19N3O4. The van der Waals surface area contributed by atoms with Gasteiger partial charge in [-0.3, -0.25) is 14.4 Å². The molecule has 3 N–H and O–H groups in total. The first-order valence-corrected chi connectivity index (χ1v) is 8.70. The highest BCUT2D eigenvalue weighted by Gasteiger charge is 2.10. The van der Waals surface area contributed by atoms with Crippen LogP contribution >= 0.6 is 0 Å². The fraction of sp³-hybridized carbons (Fsp3) is 0.0952. The number of carbonyl (C=O) groups excluding carboxylic acids is 3. The Kier molecular flexibility index (Phi) is 6.20. The van der Waals surface area contributed by atoms with Crippen molar-refractivity contribution >= 4 is 23.4 Å². The first kappa shape index (κ1) is 18.9. The highest BCUT2D eigenvalue weighted by molar-refractivity contribution is 6.02. The molecule has 3 rings (SSSR count). The molecule has 0 aliphatic carbocycles. The van der Waals surface area contributed by atoms with Gasteiger partial charge in [-0.1, -0.05) is 18.2 Å². The lowest BCUT2D eigenvalue weighted by Crippen LogP contribution is -2.34. The summed E-state index contributed by atoms with van der Waals surface area (Å²) < 4.78 is 5.02. The molecule has 3 aromatic rings. The van der Waals surface area contributed by atoms with Crippen LogP contribution in [0.5, 0.6) is 0 Å². The molecule has 1 heterocycles. The maximum absolute atomic E-state index is 12.2. The minimum absolute atomic E-state index is 0.188. The zero-order valence-electron chi connectivity index (χ0n) is 15.0. The summed E-state index contributed by atoms with van der Waals surface area (Å²) >= 11 is 0. The van der Waals surface area contributed by atoms with E-state index >= 15 is 0 Å². The summed E-state index contributed by atoms with van der Waals surface area (Å²) in [7, 11) is 0. The van der Waals surface area contributed by atoms with Crippen LogP contribution in [0.15, 0.2) is 77.4 Å². The normalized spacial score (nSPS) is 10.1. The van der Waals surface area contributed by atoms with Crippen LogP contribution in [0.4, 0.5) is 5.69 Å². The van der Waals surface area contributed by atoms with E-state index < -0.39 is 0 Å². The van der Waals surface area contributed by atoms with Crippen LogP contribution in [0.3, 0.4) is 0 Å². The Bertz CT molecular complexity index is 936. The number of furan rings is 1. The lowest BCUT2D eigenvalue weighted by atomic mass is 10.2. The number of benzene rings is 2. The van der Waals surface area contributed by atoms with Crippen LogP contribution in [0, 0.1) is 0 Å². The molecule has 0 bridgehead atoms. The number of amides is 3. The molecule has 2 aromatic carbocycles. The monoisotopic (exact) mass is 377 g/mol. The summed E-state index contributed by atoms with van der Waals surface area (Å²) in [5, 5.41) is 8.15. The standard InChI is InChI=1S/C21H19N3O4/c25-19(15-5-2-1-3-6-15)22-12-13-23-20(26)16-8-10-17(11-9-16)24-21(27)18-7-4-14-28-18/h1-11,14H,12-13H2,(H,22,25)(H,23,26)(H,24,27). The van der Waals surface area contributed by atoms with Crippen molar-refractivity contribution < 1.29 is 18.8 Å². The molecule has 7 nitrogen and oxygen atoms in total. The highest BCUT2D eigenvalue weighted by Crippen LogP contribution is 2.11. The Hall–Kier alpha value is -3.87. The molecule has 0 unspecified atom stereocenters. The molecule has 1 aromatic heterocycles. The maximum Gasteiger partial charge on any atom is 0.291 e. The average molecular weight is 377 g/mol. The van der Waals surface area contributed by atoms with Crippen molar-refractivity contribution in [1.82, 2.24) is 10.6 Å². The van der Waals surface area contributed by atoms with E-state index in [0.29, 0.717) is 29.9 Å². The molecule has 142 valence electrons. The van der Waals surface area contributed by atoms with Gasteiger partial charge >= 0.3 is 0 Å². The maximum atomic E-state index is 12.2.